The standard InChI is InChI=1S/C19H18BrN3O3S/c1-2-17(23-27(25,26)16-8-5-14(20)6-9-16)19(24)22-15-7-10-18-13(12-15)4-3-11-21-18/h3-12,17,23H,2H2,1H3,(H,22,24). The molecular formula is C19H18BrN3O3S. The van der Waals surface area contributed by atoms with E-state index in [2.05, 4.69) is 31.0 Å². The van der Waals surface area contributed by atoms with Gasteiger partial charge < -0.3 is 5.32 Å². The van der Waals surface area contributed by atoms with E-state index < -0.39 is 22.0 Å². The topological polar surface area (TPSA) is 88.2 Å². The van der Waals surface area contributed by atoms with Gasteiger partial charge in [-0.2, -0.15) is 4.72 Å². The SMILES string of the molecule is CCC(NS(=O)(=O)c1ccc(Br)cc1)C(=O)Nc1ccc2ncccc2c1. The smallest absolute Gasteiger partial charge is 0.242 e. The van der Waals surface area contributed by atoms with Crippen molar-refractivity contribution in [3.05, 3.63) is 65.3 Å². The molecule has 1 atom stereocenters. The summed E-state index contributed by atoms with van der Waals surface area (Å²) >= 11 is 3.27. The third kappa shape index (κ3) is 4.71. The third-order valence-corrected chi connectivity index (χ3v) is 6.03. The quantitative estimate of drug-likeness (QED) is 0.602. The van der Waals surface area contributed by atoms with Crippen LogP contribution in [0.5, 0.6) is 0 Å². The van der Waals surface area contributed by atoms with Gasteiger partial charge in [0.1, 0.15) is 6.04 Å². The fraction of sp³-hybridized carbons (Fsp3) is 0.158. The lowest BCUT2D eigenvalue weighted by Gasteiger charge is -2.17. The monoisotopic (exact) mass is 447 g/mol. The largest absolute Gasteiger partial charge is 0.325 e. The van der Waals surface area contributed by atoms with E-state index in [4.69, 9.17) is 0 Å². The number of rotatable bonds is 6. The van der Waals surface area contributed by atoms with Crippen LogP contribution in [0.4, 0.5) is 5.69 Å². The number of amides is 1. The van der Waals surface area contributed by atoms with E-state index in [-0.39, 0.29) is 4.90 Å². The highest BCUT2D eigenvalue weighted by atomic mass is 79.9. The van der Waals surface area contributed by atoms with E-state index >= 15 is 0 Å². The first kappa shape index (κ1) is 19.5. The van der Waals surface area contributed by atoms with Crippen LogP contribution in [0.2, 0.25) is 0 Å². The predicted molar refractivity (Wildman–Crippen MR) is 109 cm³/mol. The summed E-state index contributed by atoms with van der Waals surface area (Å²) in [5.74, 6) is -0.415. The Hall–Kier alpha value is -2.29. The van der Waals surface area contributed by atoms with Crippen LogP contribution in [0.1, 0.15) is 13.3 Å². The van der Waals surface area contributed by atoms with E-state index in [1.54, 1.807) is 43.5 Å². The van der Waals surface area contributed by atoms with Gasteiger partial charge in [-0.15, -0.1) is 0 Å². The highest BCUT2D eigenvalue weighted by Gasteiger charge is 2.24. The molecule has 1 aromatic heterocycles. The molecule has 0 saturated heterocycles. The number of benzene rings is 2. The Morgan fingerprint density at radius 3 is 2.59 bits per heavy atom. The van der Waals surface area contributed by atoms with Crippen molar-refractivity contribution in [2.75, 3.05) is 5.32 Å². The van der Waals surface area contributed by atoms with Crippen LogP contribution in [0.15, 0.2) is 70.2 Å². The Morgan fingerprint density at radius 2 is 1.89 bits per heavy atom. The van der Waals surface area contributed by atoms with Gasteiger partial charge in [-0.05, 0) is 55.0 Å². The summed E-state index contributed by atoms with van der Waals surface area (Å²) < 4.78 is 28.3. The Bertz CT molecular complexity index is 1070. The normalized spacial score (nSPS) is 12.7. The van der Waals surface area contributed by atoms with Gasteiger partial charge in [0.05, 0.1) is 10.4 Å². The molecule has 0 bridgehead atoms. The molecule has 0 aliphatic heterocycles. The number of aromatic nitrogens is 1. The second-order valence-electron chi connectivity index (χ2n) is 5.94. The number of nitrogens with one attached hydrogen (secondary N) is 2. The lowest BCUT2D eigenvalue weighted by Crippen LogP contribution is -2.43. The van der Waals surface area contributed by atoms with Crippen molar-refractivity contribution in [3.63, 3.8) is 0 Å². The number of fused-ring (bicyclic) bond motifs is 1. The van der Waals surface area contributed by atoms with Crippen molar-refractivity contribution in [1.82, 2.24) is 9.71 Å². The third-order valence-electron chi connectivity index (χ3n) is 4.02. The highest BCUT2D eigenvalue weighted by molar-refractivity contribution is 9.10. The molecule has 8 heteroatoms. The molecule has 0 saturated carbocycles. The number of anilines is 1. The number of pyridine rings is 1. The van der Waals surface area contributed by atoms with Crippen molar-refractivity contribution < 1.29 is 13.2 Å². The molecule has 0 aliphatic carbocycles. The average Bonchev–Trinajstić information content (AvgIpc) is 2.66. The van der Waals surface area contributed by atoms with Crippen LogP contribution < -0.4 is 10.0 Å². The Morgan fingerprint density at radius 1 is 1.15 bits per heavy atom. The molecule has 140 valence electrons. The van der Waals surface area contributed by atoms with Crippen molar-refractivity contribution >= 4 is 48.5 Å². The predicted octanol–water partition coefficient (Wildman–Crippen LogP) is 3.69. The summed E-state index contributed by atoms with van der Waals surface area (Å²) in [6, 6.07) is 14.4. The van der Waals surface area contributed by atoms with E-state index in [0.29, 0.717) is 12.1 Å². The number of halogens is 1. The van der Waals surface area contributed by atoms with Crippen LogP contribution in [0.25, 0.3) is 10.9 Å². The highest BCUT2D eigenvalue weighted by Crippen LogP contribution is 2.18. The molecule has 1 amide bonds. The zero-order valence-electron chi connectivity index (χ0n) is 14.5. The number of sulfonamides is 1. The molecule has 0 aliphatic rings. The summed E-state index contributed by atoms with van der Waals surface area (Å²) in [6.07, 6.45) is 2.02. The Kier molecular flexibility index (Phi) is 5.88. The molecule has 0 radical (unpaired) electrons. The van der Waals surface area contributed by atoms with E-state index in [9.17, 15) is 13.2 Å². The van der Waals surface area contributed by atoms with Gasteiger partial charge in [0.2, 0.25) is 15.9 Å². The maximum absolute atomic E-state index is 12.6. The van der Waals surface area contributed by atoms with Crippen LogP contribution in [0.3, 0.4) is 0 Å². The maximum Gasteiger partial charge on any atom is 0.242 e. The molecule has 2 aromatic carbocycles. The van der Waals surface area contributed by atoms with Crippen molar-refractivity contribution in [2.24, 2.45) is 0 Å². The lowest BCUT2D eigenvalue weighted by atomic mass is 10.2. The molecule has 2 N–H and O–H groups in total. The van der Waals surface area contributed by atoms with Gasteiger partial charge in [0.15, 0.2) is 0 Å². The van der Waals surface area contributed by atoms with Gasteiger partial charge in [0, 0.05) is 21.7 Å². The van der Waals surface area contributed by atoms with Gasteiger partial charge in [0.25, 0.3) is 0 Å². The van der Waals surface area contributed by atoms with Crippen molar-refractivity contribution in [1.29, 1.82) is 0 Å². The summed E-state index contributed by atoms with van der Waals surface area (Å²) in [5.41, 5.74) is 1.40. The molecule has 0 fully saturated rings. The molecule has 1 unspecified atom stereocenters. The van der Waals surface area contributed by atoms with Crippen LogP contribution in [-0.2, 0) is 14.8 Å². The molecule has 3 rings (SSSR count). The number of nitrogens with zero attached hydrogens (tertiary/aromatic N) is 1. The second kappa shape index (κ2) is 8.16. The summed E-state index contributed by atoms with van der Waals surface area (Å²) in [6.45, 7) is 1.75. The van der Waals surface area contributed by atoms with E-state index in [0.717, 1.165) is 15.4 Å². The van der Waals surface area contributed by atoms with Crippen LogP contribution >= 0.6 is 15.9 Å². The van der Waals surface area contributed by atoms with Crippen molar-refractivity contribution in [3.8, 4) is 0 Å². The second-order valence-corrected chi connectivity index (χ2v) is 8.57. The molecular weight excluding hydrogens is 430 g/mol. The molecule has 6 nitrogen and oxygen atoms in total. The van der Waals surface area contributed by atoms with Gasteiger partial charge in [-0.1, -0.05) is 28.9 Å². The van der Waals surface area contributed by atoms with Gasteiger partial charge >= 0.3 is 0 Å². The lowest BCUT2D eigenvalue weighted by molar-refractivity contribution is -0.117. The minimum Gasteiger partial charge on any atom is -0.325 e. The van der Waals surface area contributed by atoms with Crippen LogP contribution in [-0.4, -0.2) is 25.4 Å². The zero-order valence-corrected chi connectivity index (χ0v) is 16.9. The first-order valence-corrected chi connectivity index (χ1v) is 10.6. The summed E-state index contributed by atoms with van der Waals surface area (Å²) in [4.78, 5) is 16.9. The van der Waals surface area contributed by atoms with E-state index in [1.165, 1.54) is 12.1 Å². The minimum atomic E-state index is -3.80. The van der Waals surface area contributed by atoms with Gasteiger partial charge in [-0.25, -0.2) is 8.42 Å². The first-order valence-electron chi connectivity index (χ1n) is 8.32. The van der Waals surface area contributed by atoms with E-state index in [1.807, 2.05) is 12.1 Å². The molecule has 0 spiro atoms. The zero-order chi connectivity index (χ0) is 19.4. The molecule has 1 heterocycles. The fourth-order valence-corrected chi connectivity index (χ4v) is 4.12. The fourth-order valence-electron chi connectivity index (χ4n) is 2.57. The number of hydrogen-bond acceptors (Lipinski definition) is 4. The summed E-state index contributed by atoms with van der Waals surface area (Å²) in [7, 11) is -3.80. The Balaban J connectivity index is 1.75. The number of carbonyl (C=O) groups is 1. The molecule has 27 heavy (non-hydrogen) atoms. The maximum atomic E-state index is 12.6. The van der Waals surface area contributed by atoms with Crippen LogP contribution in [0, 0.1) is 0 Å². The first-order chi connectivity index (χ1) is 12.9. The number of hydrogen-bond donors (Lipinski definition) is 2. The van der Waals surface area contributed by atoms with Gasteiger partial charge in [-0.3, -0.25) is 9.78 Å². The van der Waals surface area contributed by atoms with Crippen molar-refractivity contribution in [2.45, 2.75) is 24.3 Å². The number of carbonyl (C=O) groups excluding carboxylic acids is 1. The minimum absolute atomic E-state index is 0.105. The Labute approximate surface area is 166 Å². The average molecular weight is 448 g/mol. The molecule has 3 aromatic rings. The summed E-state index contributed by atoms with van der Waals surface area (Å²) in [5, 5.41) is 3.65.